The first-order valence-electron chi connectivity index (χ1n) is 12.4. The normalized spacial score (nSPS) is 25.2. The number of nitrogens with zero attached hydrogens (tertiary/aromatic N) is 1. The molecule has 6 heteroatoms. The first-order valence-corrected chi connectivity index (χ1v) is 13.6. The molecule has 182 valence electrons. The van der Waals surface area contributed by atoms with Crippen molar-refractivity contribution in [1.82, 2.24) is 0 Å². The summed E-state index contributed by atoms with van der Waals surface area (Å²) in [4.78, 5) is 32.2. The van der Waals surface area contributed by atoms with E-state index in [-0.39, 0.29) is 23.8 Å². The molecule has 0 N–H and O–H groups in total. The van der Waals surface area contributed by atoms with Crippen molar-refractivity contribution in [2.45, 2.75) is 69.8 Å². The van der Waals surface area contributed by atoms with E-state index in [4.69, 9.17) is 21.3 Å². The number of ketones is 1. The number of carbonyl (C=O) groups excluding carboxylic acids is 2. The van der Waals surface area contributed by atoms with E-state index in [0.29, 0.717) is 23.4 Å². The molecule has 0 spiro atoms. The van der Waals surface area contributed by atoms with E-state index in [1.807, 2.05) is 55.5 Å². The van der Waals surface area contributed by atoms with Crippen LogP contribution in [0.1, 0.15) is 74.8 Å². The van der Waals surface area contributed by atoms with Gasteiger partial charge in [-0.3, -0.25) is 14.6 Å². The number of hydrogen-bond donors (Lipinski definition) is 0. The van der Waals surface area contributed by atoms with Crippen molar-refractivity contribution >= 4 is 45.0 Å². The van der Waals surface area contributed by atoms with Gasteiger partial charge in [0.05, 0.1) is 0 Å². The van der Waals surface area contributed by atoms with Crippen molar-refractivity contribution in [2.75, 3.05) is 0 Å². The van der Waals surface area contributed by atoms with Crippen LogP contribution in [0, 0.1) is 5.92 Å². The smallest absolute Gasteiger partial charge is 0.315 e. The molecule has 1 unspecified atom stereocenters. The van der Waals surface area contributed by atoms with Crippen LogP contribution in [0.5, 0.6) is 0 Å². The summed E-state index contributed by atoms with van der Waals surface area (Å²) in [6.45, 7) is 1.90. The lowest BCUT2D eigenvalue weighted by atomic mass is 9.69. The molecule has 1 saturated carbocycles. The van der Waals surface area contributed by atoms with Gasteiger partial charge in [-0.25, -0.2) is 0 Å². The number of rotatable bonds is 4. The maximum atomic E-state index is 13.7. The number of carbonyl (C=O) groups is 2. The molecule has 4 nitrogen and oxygen atoms in total. The molecule has 2 aromatic carbocycles. The number of aliphatic imine (C=N–C) groups is 1. The minimum Gasteiger partial charge on any atom is -0.462 e. The molecule has 0 bridgehead atoms. The molecule has 3 aliphatic rings. The van der Waals surface area contributed by atoms with E-state index >= 15 is 0 Å². The second kappa shape index (κ2) is 10.4. The lowest BCUT2D eigenvalue weighted by Gasteiger charge is -2.37. The number of Topliss-reactive ketones (excluding diaryl/α,β-unsaturated/α-hetero) is 1. The van der Waals surface area contributed by atoms with E-state index < -0.39 is 11.8 Å². The van der Waals surface area contributed by atoms with Gasteiger partial charge in [0, 0.05) is 38.8 Å². The van der Waals surface area contributed by atoms with Crippen molar-refractivity contribution in [1.29, 1.82) is 0 Å². The topological polar surface area (TPSA) is 55.7 Å². The van der Waals surface area contributed by atoms with Crippen LogP contribution >= 0.6 is 27.5 Å². The molecule has 5 rings (SSSR count). The monoisotopic (exact) mass is 553 g/mol. The van der Waals surface area contributed by atoms with Gasteiger partial charge in [-0.2, -0.15) is 0 Å². The summed E-state index contributed by atoms with van der Waals surface area (Å²) in [7, 11) is 0. The summed E-state index contributed by atoms with van der Waals surface area (Å²) < 4.78 is 6.94. The second-order valence-corrected chi connectivity index (χ2v) is 11.3. The second-order valence-electron chi connectivity index (χ2n) is 9.90. The molecule has 2 aromatic rings. The molecular formula is C29H29BrClNO3. The molecule has 1 heterocycles. The Hall–Kier alpha value is -2.24. The summed E-state index contributed by atoms with van der Waals surface area (Å²) >= 11 is 9.65. The fraction of sp³-hybridized carbons (Fsp3) is 0.414. The predicted octanol–water partition coefficient (Wildman–Crippen LogP) is 7.55. The fourth-order valence-corrected chi connectivity index (χ4v) is 6.36. The highest BCUT2D eigenvalue weighted by atomic mass is 79.9. The first kappa shape index (κ1) is 24.5. The quantitative estimate of drug-likeness (QED) is 0.367. The molecule has 1 fully saturated rings. The molecule has 0 aromatic heterocycles. The van der Waals surface area contributed by atoms with Gasteiger partial charge in [-0.1, -0.05) is 58.2 Å². The number of benzene rings is 2. The number of ether oxygens (including phenoxy) is 1. The van der Waals surface area contributed by atoms with Crippen LogP contribution in [0.2, 0.25) is 5.02 Å². The van der Waals surface area contributed by atoms with Gasteiger partial charge in [-0.15, -0.1) is 0 Å². The van der Waals surface area contributed by atoms with Crippen molar-refractivity contribution in [3.63, 3.8) is 0 Å². The van der Waals surface area contributed by atoms with Crippen molar-refractivity contribution < 1.29 is 14.3 Å². The van der Waals surface area contributed by atoms with Crippen LogP contribution in [0.25, 0.3) is 0 Å². The van der Waals surface area contributed by atoms with Crippen molar-refractivity contribution in [2.24, 2.45) is 10.9 Å². The van der Waals surface area contributed by atoms with E-state index in [9.17, 15) is 9.59 Å². The average Bonchev–Trinajstić information content (AvgIpc) is 2.84. The zero-order chi connectivity index (χ0) is 24.5. The van der Waals surface area contributed by atoms with Gasteiger partial charge in [0.1, 0.15) is 12.0 Å². The Morgan fingerprint density at radius 3 is 2.49 bits per heavy atom. The van der Waals surface area contributed by atoms with Crippen molar-refractivity contribution in [3.8, 4) is 0 Å². The summed E-state index contributed by atoms with van der Waals surface area (Å²) in [6, 6.07) is 15.6. The van der Waals surface area contributed by atoms with E-state index in [1.54, 1.807) is 0 Å². The molecule has 0 radical (unpaired) electrons. The summed E-state index contributed by atoms with van der Waals surface area (Å²) in [5, 5.41) is 0.677. The van der Waals surface area contributed by atoms with Gasteiger partial charge in [0.15, 0.2) is 5.78 Å². The van der Waals surface area contributed by atoms with Crippen LogP contribution in [-0.4, -0.2) is 23.6 Å². The number of allylic oxidation sites excluding steroid dienone is 2. The highest BCUT2D eigenvalue weighted by Crippen LogP contribution is 2.47. The van der Waals surface area contributed by atoms with E-state index in [0.717, 1.165) is 52.7 Å². The molecule has 1 aliphatic heterocycles. The third-order valence-corrected chi connectivity index (χ3v) is 8.27. The van der Waals surface area contributed by atoms with Gasteiger partial charge in [-0.05, 0) is 80.3 Å². The third kappa shape index (κ3) is 5.17. The standard InChI is InChI=1S/C29H29BrClNO3/c1-17-26(29(34)35-23-8-3-2-4-9-23)27(19-6-5-7-21(30)14-19)28-24(32-17)15-20(16-25(28)33)18-10-12-22(31)13-11-18/h5-7,10-14,20,23,26-27H,2-4,8-9,15-16H2,1H3/t20-,26?,27+/m0/s1. The van der Waals surface area contributed by atoms with Crippen LogP contribution < -0.4 is 0 Å². The zero-order valence-electron chi connectivity index (χ0n) is 19.8. The average molecular weight is 555 g/mol. The predicted molar refractivity (Wildman–Crippen MR) is 142 cm³/mol. The molecule has 0 amide bonds. The number of halogens is 2. The summed E-state index contributed by atoms with van der Waals surface area (Å²) in [5.41, 5.74) is 4.21. The molecule has 2 aliphatic carbocycles. The Labute approximate surface area is 219 Å². The summed E-state index contributed by atoms with van der Waals surface area (Å²) in [6.07, 6.45) is 6.20. The minimum atomic E-state index is -0.596. The third-order valence-electron chi connectivity index (χ3n) is 7.53. The molecule has 0 saturated heterocycles. The summed E-state index contributed by atoms with van der Waals surface area (Å²) in [5.74, 6) is -1.15. The van der Waals surface area contributed by atoms with E-state index in [1.165, 1.54) is 6.42 Å². The van der Waals surface area contributed by atoms with Crippen LogP contribution in [-0.2, 0) is 14.3 Å². The zero-order valence-corrected chi connectivity index (χ0v) is 22.1. The molecule has 35 heavy (non-hydrogen) atoms. The molecule has 3 atom stereocenters. The Balaban J connectivity index is 1.52. The van der Waals surface area contributed by atoms with Gasteiger partial charge in [0.25, 0.3) is 0 Å². The largest absolute Gasteiger partial charge is 0.462 e. The minimum absolute atomic E-state index is 0.0427. The Morgan fingerprint density at radius 2 is 1.77 bits per heavy atom. The lowest BCUT2D eigenvalue weighted by Crippen LogP contribution is -2.39. The van der Waals surface area contributed by atoms with Crippen LogP contribution in [0.4, 0.5) is 0 Å². The highest BCUT2D eigenvalue weighted by Gasteiger charge is 2.45. The van der Waals surface area contributed by atoms with E-state index in [2.05, 4.69) is 15.9 Å². The van der Waals surface area contributed by atoms with Gasteiger partial charge in [0.2, 0.25) is 0 Å². The van der Waals surface area contributed by atoms with Crippen LogP contribution in [0.3, 0.4) is 0 Å². The Morgan fingerprint density at radius 1 is 1.03 bits per heavy atom. The SMILES string of the molecule is CC1=NC2=C(C(=O)C[C@@H](c3ccc(Cl)cc3)C2)[C@H](c2cccc(Br)c2)C1C(=O)OC1CCCCC1. The van der Waals surface area contributed by atoms with Crippen LogP contribution in [0.15, 0.2) is 69.3 Å². The fourth-order valence-electron chi connectivity index (χ4n) is 5.82. The maximum absolute atomic E-state index is 13.7. The lowest BCUT2D eigenvalue weighted by molar-refractivity contribution is -0.153. The Kier molecular flexibility index (Phi) is 7.26. The van der Waals surface area contributed by atoms with Gasteiger partial charge >= 0.3 is 5.97 Å². The molecular weight excluding hydrogens is 526 g/mol. The van der Waals surface area contributed by atoms with Gasteiger partial charge < -0.3 is 4.74 Å². The Bertz CT molecular complexity index is 1200. The highest BCUT2D eigenvalue weighted by molar-refractivity contribution is 9.10. The number of esters is 1. The number of hydrogen-bond acceptors (Lipinski definition) is 4. The maximum Gasteiger partial charge on any atom is 0.315 e. The first-order chi connectivity index (χ1) is 16.9. The van der Waals surface area contributed by atoms with Crippen molar-refractivity contribution in [3.05, 3.63) is 80.4 Å².